The third kappa shape index (κ3) is 6.24. The molecule has 0 saturated carbocycles. The van der Waals surface area contributed by atoms with Crippen molar-refractivity contribution >= 4 is 0 Å². The molecule has 17 heavy (non-hydrogen) atoms. The Labute approximate surface area is 102 Å². The van der Waals surface area contributed by atoms with Crippen LogP contribution >= 0.6 is 0 Å². The molecule has 0 amide bonds. The zero-order valence-corrected chi connectivity index (χ0v) is 10.6. The van der Waals surface area contributed by atoms with E-state index in [1.165, 1.54) is 12.1 Å². The molecule has 0 unspecified atom stereocenters. The molecule has 0 fully saturated rings. The second-order valence-electron chi connectivity index (χ2n) is 4.86. The molecule has 1 aromatic rings. The molecule has 0 aliphatic heterocycles. The van der Waals surface area contributed by atoms with Gasteiger partial charge in [0.2, 0.25) is 0 Å². The molecule has 3 nitrogen and oxygen atoms in total. The Morgan fingerprint density at radius 2 is 2.12 bits per heavy atom. The molecule has 1 N–H and O–H groups in total. The van der Waals surface area contributed by atoms with E-state index in [-0.39, 0.29) is 5.82 Å². The van der Waals surface area contributed by atoms with Crippen molar-refractivity contribution in [1.82, 2.24) is 4.90 Å². The van der Waals surface area contributed by atoms with Crippen LogP contribution in [0.25, 0.3) is 0 Å². The molecule has 0 aliphatic carbocycles. The summed E-state index contributed by atoms with van der Waals surface area (Å²) < 4.78 is 18.3. The van der Waals surface area contributed by atoms with Crippen molar-refractivity contribution in [2.45, 2.75) is 19.4 Å². The lowest BCUT2D eigenvalue weighted by molar-refractivity contribution is 0.0411. The summed E-state index contributed by atoms with van der Waals surface area (Å²) in [6, 6.07) is 6.08. The van der Waals surface area contributed by atoms with Crippen molar-refractivity contribution in [3.8, 4) is 5.75 Å². The van der Waals surface area contributed by atoms with Crippen molar-refractivity contribution in [1.29, 1.82) is 0 Å². The smallest absolute Gasteiger partial charge is 0.126 e. The van der Waals surface area contributed by atoms with Crippen molar-refractivity contribution in [2.75, 3.05) is 26.7 Å². The second-order valence-corrected chi connectivity index (χ2v) is 4.86. The zero-order chi connectivity index (χ0) is 12.9. The van der Waals surface area contributed by atoms with Crippen LogP contribution in [0, 0.1) is 5.82 Å². The van der Waals surface area contributed by atoms with Gasteiger partial charge in [0.1, 0.15) is 18.2 Å². The van der Waals surface area contributed by atoms with Crippen LogP contribution in [0.4, 0.5) is 4.39 Å². The number of benzene rings is 1. The Bertz CT molecular complexity index is 350. The van der Waals surface area contributed by atoms with E-state index < -0.39 is 5.60 Å². The molecule has 0 aliphatic rings. The molecule has 1 aromatic carbocycles. The van der Waals surface area contributed by atoms with Crippen LogP contribution in [0.3, 0.4) is 0 Å². The van der Waals surface area contributed by atoms with E-state index in [0.717, 1.165) is 0 Å². The summed E-state index contributed by atoms with van der Waals surface area (Å²) in [5.41, 5.74) is -0.715. The summed E-state index contributed by atoms with van der Waals surface area (Å²) in [5, 5.41) is 9.61. The van der Waals surface area contributed by atoms with Gasteiger partial charge in [-0.05, 0) is 33.0 Å². The van der Waals surface area contributed by atoms with Gasteiger partial charge in [-0.2, -0.15) is 0 Å². The van der Waals surface area contributed by atoms with Crippen LogP contribution in [-0.4, -0.2) is 42.4 Å². The fourth-order valence-corrected chi connectivity index (χ4v) is 1.62. The first-order valence-corrected chi connectivity index (χ1v) is 5.66. The van der Waals surface area contributed by atoms with Gasteiger partial charge in [-0.25, -0.2) is 4.39 Å². The highest BCUT2D eigenvalue weighted by Crippen LogP contribution is 2.11. The van der Waals surface area contributed by atoms with Crippen molar-refractivity contribution in [2.24, 2.45) is 0 Å². The van der Waals surface area contributed by atoms with Gasteiger partial charge in [-0.3, -0.25) is 0 Å². The molecular weight excluding hydrogens is 221 g/mol. The monoisotopic (exact) mass is 241 g/mol. The van der Waals surface area contributed by atoms with Crippen LogP contribution in [0.5, 0.6) is 5.75 Å². The Balaban J connectivity index is 2.28. The summed E-state index contributed by atoms with van der Waals surface area (Å²) in [7, 11) is 1.91. The molecular formula is C13H20FNO2. The highest BCUT2D eigenvalue weighted by Gasteiger charge is 2.15. The highest BCUT2D eigenvalue weighted by molar-refractivity contribution is 5.22. The normalized spacial score (nSPS) is 11.9. The molecule has 0 radical (unpaired) electrons. The molecule has 0 spiro atoms. The van der Waals surface area contributed by atoms with Crippen LogP contribution in [-0.2, 0) is 0 Å². The zero-order valence-electron chi connectivity index (χ0n) is 10.6. The van der Waals surface area contributed by atoms with Crippen LogP contribution in [0.1, 0.15) is 13.8 Å². The number of ether oxygens (including phenoxy) is 1. The first kappa shape index (κ1) is 13.9. The number of aliphatic hydroxyl groups is 1. The van der Waals surface area contributed by atoms with Crippen LogP contribution < -0.4 is 4.74 Å². The van der Waals surface area contributed by atoms with Gasteiger partial charge in [0.15, 0.2) is 0 Å². The standard InChI is InChI=1S/C13H20FNO2/c1-13(2,16)10-15(3)7-8-17-12-6-4-5-11(14)9-12/h4-6,9,16H,7-8,10H2,1-3H3. The predicted molar refractivity (Wildman–Crippen MR) is 65.7 cm³/mol. The summed E-state index contributed by atoms with van der Waals surface area (Å²) in [4.78, 5) is 1.97. The van der Waals surface area contributed by atoms with E-state index in [2.05, 4.69) is 0 Å². The summed E-state index contributed by atoms with van der Waals surface area (Å²) in [6.07, 6.45) is 0. The molecule has 0 saturated heterocycles. The number of hydrogen-bond donors (Lipinski definition) is 1. The maximum Gasteiger partial charge on any atom is 0.126 e. The molecule has 96 valence electrons. The summed E-state index contributed by atoms with van der Waals surface area (Å²) in [6.45, 7) is 5.24. The number of halogens is 1. The topological polar surface area (TPSA) is 32.7 Å². The minimum Gasteiger partial charge on any atom is -0.492 e. The van der Waals surface area contributed by atoms with E-state index >= 15 is 0 Å². The Morgan fingerprint density at radius 1 is 1.41 bits per heavy atom. The number of likely N-dealkylation sites (N-methyl/N-ethyl adjacent to an activating group) is 1. The average Bonchev–Trinajstić information content (AvgIpc) is 2.14. The molecule has 1 rings (SSSR count). The number of hydrogen-bond acceptors (Lipinski definition) is 3. The van der Waals surface area contributed by atoms with Gasteiger partial charge in [0.05, 0.1) is 5.60 Å². The lowest BCUT2D eigenvalue weighted by Gasteiger charge is -2.25. The molecule has 4 heteroatoms. The first-order valence-electron chi connectivity index (χ1n) is 5.66. The minimum absolute atomic E-state index is 0.299. The van der Waals surface area contributed by atoms with Gasteiger partial charge in [-0.15, -0.1) is 0 Å². The minimum atomic E-state index is -0.715. The quantitative estimate of drug-likeness (QED) is 0.825. The lowest BCUT2D eigenvalue weighted by Crippen LogP contribution is -2.38. The van der Waals surface area contributed by atoms with Crippen LogP contribution in [0.2, 0.25) is 0 Å². The fraction of sp³-hybridized carbons (Fsp3) is 0.538. The van der Waals surface area contributed by atoms with E-state index in [0.29, 0.717) is 25.4 Å². The Hall–Kier alpha value is -1.13. The van der Waals surface area contributed by atoms with E-state index in [1.807, 2.05) is 11.9 Å². The largest absolute Gasteiger partial charge is 0.492 e. The molecule has 0 bridgehead atoms. The average molecular weight is 241 g/mol. The van der Waals surface area contributed by atoms with E-state index in [1.54, 1.807) is 26.0 Å². The van der Waals surface area contributed by atoms with Gasteiger partial charge in [0.25, 0.3) is 0 Å². The maximum absolute atomic E-state index is 12.9. The third-order valence-corrected chi connectivity index (χ3v) is 2.19. The van der Waals surface area contributed by atoms with E-state index in [9.17, 15) is 9.50 Å². The Morgan fingerprint density at radius 3 is 2.71 bits per heavy atom. The Kier molecular flexibility index (Phi) is 4.90. The van der Waals surface area contributed by atoms with Gasteiger partial charge in [-0.1, -0.05) is 6.07 Å². The summed E-state index contributed by atoms with van der Waals surface area (Å²) >= 11 is 0. The predicted octanol–water partition coefficient (Wildman–Crippen LogP) is 1.91. The maximum atomic E-state index is 12.9. The van der Waals surface area contributed by atoms with Crippen molar-refractivity contribution in [3.63, 3.8) is 0 Å². The van der Waals surface area contributed by atoms with E-state index in [4.69, 9.17) is 4.74 Å². The molecule has 0 heterocycles. The first-order chi connectivity index (χ1) is 7.87. The van der Waals surface area contributed by atoms with Gasteiger partial charge < -0.3 is 14.7 Å². The highest BCUT2D eigenvalue weighted by atomic mass is 19.1. The van der Waals surface area contributed by atoms with Crippen molar-refractivity contribution < 1.29 is 14.2 Å². The SMILES string of the molecule is CN(CCOc1cccc(F)c1)CC(C)(C)O. The van der Waals surface area contributed by atoms with Gasteiger partial charge in [0, 0.05) is 19.2 Å². The van der Waals surface area contributed by atoms with Gasteiger partial charge >= 0.3 is 0 Å². The molecule has 0 atom stereocenters. The molecule has 0 aromatic heterocycles. The summed E-state index contributed by atoms with van der Waals surface area (Å²) in [5.74, 6) is 0.231. The third-order valence-electron chi connectivity index (χ3n) is 2.19. The lowest BCUT2D eigenvalue weighted by atomic mass is 10.1. The number of rotatable bonds is 6. The van der Waals surface area contributed by atoms with Crippen molar-refractivity contribution in [3.05, 3.63) is 30.1 Å². The fourth-order valence-electron chi connectivity index (χ4n) is 1.62. The van der Waals surface area contributed by atoms with Crippen LogP contribution in [0.15, 0.2) is 24.3 Å². The second kappa shape index (κ2) is 5.98. The number of nitrogens with zero attached hydrogens (tertiary/aromatic N) is 1.